The molecule has 4 aliphatic rings. The number of allylic oxidation sites excluding steroid dienone is 4. The molecule has 2 bridgehead atoms. The van der Waals surface area contributed by atoms with Crippen molar-refractivity contribution in [2.45, 2.75) is 6.92 Å². The van der Waals surface area contributed by atoms with Crippen LogP contribution in [-0.2, 0) is 9.59 Å². The molecule has 2 aliphatic heterocycles. The minimum atomic E-state index is -0.323. The Morgan fingerprint density at radius 3 is 2.24 bits per heavy atom. The van der Waals surface area contributed by atoms with E-state index in [1.54, 1.807) is 18.2 Å². The van der Waals surface area contributed by atoms with Gasteiger partial charge in [0, 0.05) is 17.9 Å². The first-order valence-corrected chi connectivity index (χ1v) is 9.87. The summed E-state index contributed by atoms with van der Waals surface area (Å²) in [5.74, 6) is 0.304. The van der Waals surface area contributed by atoms with E-state index in [0.29, 0.717) is 17.2 Å². The van der Waals surface area contributed by atoms with E-state index < -0.39 is 0 Å². The van der Waals surface area contributed by atoms with E-state index in [4.69, 9.17) is 9.47 Å². The minimum Gasteiger partial charge on any atom is -0.454 e. The van der Waals surface area contributed by atoms with Crippen LogP contribution in [0, 0.1) is 23.7 Å². The van der Waals surface area contributed by atoms with Gasteiger partial charge in [-0.25, -0.2) is 4.90 Å². The molecule has 1 saturated carbocycles. The molecule has 0 N–H and O–H groups in total. The second kappa shape index (κ2) is 5.83. The van der Waals surface area contributed by atoms with Gasteiger partial charge in [-0.15, -0.1) is 0 Å². The monoisotopic (exact) mass is 385 g/mol. The Balaban J connectivity index is 1.39. The van der Waals surface area contributed by atoms with Gasteiger partial charge in [0.2, 0.25) is 18.6 Å². The number of hydrogen-bond donors (Lipinski definition) is 0. The van der Waals surface area contributed by atoms with Gasteiger partial charge in [0.05, 0.1) is 17.5 Å². The summed E-state index contributed by atoms with van der Waals surface area (Å²) in [5, 5.41) is 0. The largest absolute Gasteiger partial charge is 0.454 e. The number of anilines is 1. The topological polar surface area (TPSA) is 55.8 Å². The van der Waals surface area contributed by atoms with Gasteiger partial charge in [-0.1, -0.05) is 48.1 Å². The zero-order valence-corrected chi connectivity index (χ0v) is 15.9. The second-order valence-corrected chi connectivity index (χ2v) is 7.98. The highest BCUT2D eigenvalue weighted by Gasteiger charge is 2.62. The van der Waals surface area contributed by atoms with Crippen LogP contribution in [0.25, 0.3) is 5.57 Å². The summed E-state index contributed by atoms with van der Waals surface area (Å²) in [6, 6.07) is 15.4. The molecule has 2 aromatic rings. The van der Waals surface area contributed by atoms with Crippen molar-refractivity contribution in [2.75, 3.05) is 11.7 Å². The van der Waals surface area contributed by atoms with Gasteiger partial charge in [0.1, 0.15) is 0 Å². The zero-order valence-electron chi connectivity index (χ0n) is 15.9. The fourth-order valence-corrected chi connectivity index (χ4v) is 5.40. The lowest BCUT2D eigenvalue weighted by Gasteiger charge is -2.20. The standard InChI is InChI=1S/C24H19NO4/c1-13(14-5-3-2-4-6-14)20-16-8-9-17(20)22-21(16)23(26)25(24(22)27)15-7-10-18-19(11-15)29-12-28-18/h2-11,16-17,21-22H,12H2,1H3/t16-,17-,21-,22-/m1/s1. The molecule has 29 heavy (non-hydrogen) atoms. The number of rotatable bonds is 2. The molecule has 0 unspecified atom stereocenters. The molecule has 2 aliphatic carbocycles. The summed E-state index contributed by atoms with van der Waals surface area (Å²) in [4.78, 5) is 28.1. The smallest absolute Gasteiger partial charge is 0.238 e. The number of fused-ring (bicyclic) bond motifs is 6. The molecule has 0 aromatic heterocycles. The number of carbonyl (C=O) groups is 2. The van der Waals surface area contributed by atoms with Crippen molar-refractivity contribution in [2.24, 2.45) is 23.7 Å². The average Bonchev–Trinajstić information content (AvgIpc) is 3.50. The summed E-state index contributed by atoms with van der Waals surface area (Å²) in [6.45, 7) is 2.26. The first kappa shape index (κ1) is 16.6. The highest BCUT2D eigenvalue weighted by molar-refractivity contribution is 6.23. The van der Waals surface area contributed by atoms with Crippen LogP contribution in [0.2, 0.25) is 0 Å². The number of amides is 2. The van der Waals surface area contributed by atoms with Crippen molar-refractivity contribution < 1.29 is 19.1 Å². The number of hydrogen-bond acceptors (Lipinski definition) is 4. The summed E-state index contributed by atoms with van der Waals surface area (Å²) >= 11 is 0. The van der Waals surface area contributed by atoms with Crippen molar-refractivity contribution >= 4 is 23.1 Å². The lowest BCUT2D eigenvalue weighted by molar-refractivity contribution is -0.122. The van der Waals surface area contributed by atoms with Crippen LogP contribution in [0.3, 0.4) is 0 Å². The van der Waals surface area contributed by atoms with Crippen molar-refractivity contribution in [3.8, 4) is 11.5 Å². The number of imide groups is 1. The first-order valence-electron chi connectivity index (χ1n) is 9.87. The van der Waals surface area contributed by atoms with E-state index in [1.807, 2.05) is 18.2 Å². The fraction of sp³-hybridized carbons (Fsp3) is 0.250. The maximum atomic E-state index is 13.4. The van der Waals surface area contributed by atoms with Crippen LogP contribution < -0.4 is 14.4 Å². The van der Waals surface area contributed by atoms with Crippen LogP contribution in [-0.4, -0.2) is 18.6 Å². The number of carbonyl (C=O) groups excluding carboxylic acids is 2. The SMILES string of the molecule is CC(=C1[C@H]2C=C[C@H]1[C@H]1C(=O)N(c3ccc4c(c3)OCO4)C(=O)[C@@H]12)c1ccccc1. The summed E-state index contributed by atoms with van der Waals surface area (Å²) < 4.78 is 10.8. The first-order chi connectivity index (χ1) is 14.1. The van der Waals surface area contributed by atoms with Gasteiger partial charge in [-0.05, 0) is 30.2 Å². The molecule has 5 nitrogen and oxygen atoms in total. The van der Waals surface area contributed by atoms with Gasteiger partial charge in [0.25, 0.3) is 0 Å². The number of benzene rings is 2. The van der Waals surface area contributed by atoms with E-state index in [2.05, 4.69) is 31.2 Å². The van der Waals surface area contributed by atoms with Crippen molar-refractivity contribution in [3.05, 3.63) is 71.8 Å². The predicted octanol–water partition coefficient (Wildman–Crippen LogP) is 3.81. The van der Waals surface area contributed by atoms with Gasteiger partial charge in [-0.2, -0.15) is 0 Å². The number of nitrogens with zero attached hydrogens (tertiary/aromatic N) is 1. The Hall–Kier alpha value is -3.34. The van der Waals surface area contributed by atoms with E-state index in [9.17, 15) is 9.59 Å². The van der Waals surface area contributed by atoms with E-state index in [1.165, 1.54) is 16.0 Å². The number of ether oxygens (including phenoxy) is 2. The van der Waals surface area contributed by atoms with E-state index >= 15 is 0 Å². The fourth-order valence-electron chi connectivity index (χ4n) is 5.40. The Kier molecular flexibility index (Phi) is 3.34. The third-order valence-electron chi connectivity index (χ3n) is 6.67. The van der Waals surface area contributed by atoms with Gasteiger partial charge in [0.15, 0.2) is 11.5 Å². The predicted molar refractivity (Wildman–Crippen MR) is 107 cm³/mol. The molecule has 0 radical (unpaired) electrons. The normalized spacial score (nSPS) is 28.4. The molecular weight excluding hydrogens is 366 g/mol. The highest BCUT2D eigenvalue weighted by atomic mass is 16.7. The third-order valence-corrected chi connectivity index (χ3v) is 6.67. The zero-order chi connectivity index (χ0) is 19.7. The molecular formula is C24H19NO4. The van der Waals surface area contributed by atoms with Crippen molar-refractivity contribution in [1.29, 1.82) is 0 Å². The Morgan fingerprint density at radius 2 is 1.55 bits per heavy atom. The molecule has 4 atom stereocenters. The molecule has 6 rings (SSSR count). The second-order valence-electron chi connectivity index (χ2n) is 7.98. The van der Waals surface area contributed by atoms with Gasteiger partial charge >= 0.3 is 0 Å². The summed E-state index contributed by atoms with van der Waals surface area (Å²) in [5.41, 5.74) is 4.10. The molecule has 2 heterocycles. The van der Waals surface area contributed by atoms with Crippen LogP contribution >= 0.6 is 0 Å². The molecule has 5 heteroatoms. The minimum absolute atomic E-state index is 0.0133. The maximum Gasteiger partial charge on any atom is 0.238 e. The molecule has 1 saturated heterocycles. The Labute approximate surface area is 168 Å². The molecule has 2 fully saturated rings. The summed E-state index contributed by atoms with van der Waals surface area (Å²) in [6.07, 6.45) is 4.23. The lowest BCUT2D eigenvalue weighted by atomic mass is 9.85. The van der Waals surface area contributed by atoms with Crippen molar-refractivity contribution in [3.63, 3.8) is 0 Å². The maximum absolute atomic E-state index is 13.4. The molecule has 2 amide bonds. The van der Waals surface area contributed by atoms with Crippen LogP contribution in [0.5, 0.6) is 11.5 Å². The molecule has 144 valence electrons. The Bertz CT molecular complexity index is 1080. The van der Waals surface area contributed by atoms with Crippen molar-refractivity contribution in [1.82, 2.24) is 0 Å². The van der Waals surface area contributed by atoms with Crippen LogP contribution in [0.4, 0.5) is 5.69 Å². The van der Waals surface area contributed by atoms with Crippen LogP contribution in [0.15, 0.2) is 66.3 Å². The van der Waals surface area contributed by atoms with E-state index in [0.717, 1.165) is 5.56 Å². The van der Waals surface area contributed by atoms with Gasteiger partial charge < -0.3 is 9.47 Å². The highest BCUT2D eigenvalue weighted by Crippen LogP contribution is 2.58. The lowest BCUT2D eigenvalue weighted by Crippen LogP contribution is -2.33. The van der Waals surface area contributed by atoms with Gasteiger partial charge in [-0.3, -0.25) is 9.59 Å². The average molecular weight is 385 g/mol. The van der Waals surface area contributed by atoms with Crippen LogP contribution in [0.1, 0.15) is 12.5 Å². The quantitative estimate of drug-likeness (QED) is 0.583. The molecule has 0 spiro atoms. The van der Waals surface area contributed by atoms with E-state index in [-0.39, 0.29) is 42.3 Å². The Morgan fingerprint density at radius 1 is 0.897 bits per heavy atom. The third kappa shape index (κ3) is 2.15. The molecule has 2 aromatic carbocycles. The summed E-state index contributed by atoms with van der Waals surface area (Å²) in [7, 11) is 0.